The van der Waals surface area contributed by atoms with Gasteiger partial charge in [0.15, 0.2) is 0 Å². The normalized spacial score (nSPS) is 11.2. The van der Waals surface area contributed by atoms with Crippen molar-refractivity contribution in [3.05, 3.63) is 66.7 Å². The van der Waals surface area contributed by atoms with Crippen LogP contribution in [0.15, 0.2) is 66.7 Å². The molecule has 0 amide bonds. The average Bonchev–Trinajstić information content (AvgIpc) is 2.56. The van der Waals surface area contributed by atoms with Gasteiger partial charge in [0.2, 0.25) is 0 Å². The third kappa shape index (κ3) is 2.63. The molecule has 3 rings (SSSR count). The van der Waals surface area contributed by atoms with E-state index >= 15 is 0 Å². The van der Waals surface area contributed by atoms with Crippen LogP contribution in [0.4, 0.5) is 0 Å². The van der Waals surface area contributed by atoms with Gasteiger partial charge in [0.05, 0.1) is 0 Å². The zero-order valence-electron chi connectivity index (χ0n) is 12.2. The van der Waals surface area contributed by atoms with Crippen LogP contribution in [0.5, 0.6) is 0 Å². The highest BCUT2D eigenvalue weighted by Crippen LogP contribution is 2.27. The van der Waals surface area contributed by atoms with Crippen LogP contribution in [0.3, 0.4) is 0 Å². The van der Waals surface area contributed by atoms with Gasteiger partial charge in [-0.15, -0.1) is 0 Å². The smallest absolute Gasteiger partial charge is 0.393 e. The van der Waals surface area contributed by atoms with E-state index in [4.69, 9.17) is 8.85 Å². The molecule has 0 atom stereocenters. The summed E-state index contributed by atoms with van der Waals surface area (Å²) in [5.74, 6) is 0. The van der Waals surface area contributed by atoms with Gasteiger partial charge in [-0.3, -0.25) is 0 Å². The first-order valence-electron chi connectivity index (χ1n) is 6.87. The number of rotatable bonds is 4. The quantitative estimate of drug-likeness (QED) is 0.686. The third-order valence-electron chi connectivity index (χ3n) is 3.60. The summed E-state index contributed by atoms with van der Waals surface area (Å²) in [6, 6.07) is 23.2. The molecule has 0 saturated carbocycles. The number of benzene rings is 3. The van der Waals surface area contributed by atoms with Crippen molar-refractivity contribution in [2.24, 2.45) is 0 Å². The molecule has 3 aromatic rings. The highest BCUT2D eigenvalue weighted by Gasteiger charge is 2.20. The van der Waals surface area contributed by atoms with E-state index in [-0.39, 0.29) is 0 Å². The highest BCUT2D eigenvalue weighted by molar-refractivity contribution is 6.63. The fourth-order valence-electron chi connectivity index (χ4n) is 2.66. The molecule has 0 fully saturated rings. The van der Waals surface area contributed by atoms with E-state index in [1.807, 2.05) is 6.07 Å². The summed E-state index contributed by atoms with van der Waals surface area (Å²) in [6.45, 7) is 0. The summed E-state index contributed by atoms with van der Waals surface area (Å²) in [5.41, 5.74) is 2.41. The average molecular weight is 293 g/mol. The van der Waals surface area contributed by atoms with Gasteiger partial charge in [0.1, 0.15) is 0 Å². The molecule has 0 heterocycles. The Balaban J connectivity index is 2.24. The van der Waals surface area contributed by atoms with Gasteiger partial charge >= 0.3 is 9.28 Å². The van der Waals surface area contributed by atoms with Crippen molar-refractivity contribution in [1.29, 1.82) is 0 Å². The minimum Gasteiger partial charge on any atom is -0.393 e. The molecule has 0 aliphatic heterocycles. The molecule has 21 heavy (non-hydrogen) atoms. The van der Waals surface area contributed by atoms with Crippen molar-refractivity contribution in [3.8, 4) is 11.1 Å². The molecule has 2 nitrogen and oxygen atoms in total. The first-order chi connectivity index (χ1) is 10.3. The Morgan fingerprint density at radius 2 is 1.29 bits per heavy atom. The maximum Gasteiger partial charge on any atom is 0.423 e. The molecular weight excluding hydrogens is 276 g/mol. The van der Waals surface area contributed by atoms with Gasteiger partial charge in [-0.2, -0.15) is 0 Å². The Morgan fingerprint density at radius 3 is 2.10 bits per heavy atom. The molecule has 0 bridgehead atoms. The molecule has 0 aromatic heterocycles. The molecule has 1 radical (unpaired) electrons. The fourth-order valence-corrected chi connectivity index (χ4v) is 3.94. The van der Waals surface area contributed by atoms with E-state index < -0.39 is 9.28 Å². The summed E-state index contributed by atoms with van der Waals surface area (Å²) in [5, 5.41) is 3.64. The van der Waals surface area contributed by atoms with Crippen LogP contribution in [-0.4, -0.2) is 23.5 Å². The van der Waals surface area contributed by atoms with Crippen LogP contribution in [0, 0.1) is 0 Å². The highest BCUT2D eigenvalue weighted by atomic mass is 28.3. The summed E-state index contributed by atoms with van der Waals surface area (Å²) < 4.78 is 11.1. The van der Waals surface area contributed by atoms with Crippen molar-refractivity contribution in [2.75, 3.05) is 14.2 Å². The van der Waals surface area contributed by atoms with Crippen molar-refractivity contribution in [2.45, 2.75) is 0 Å². The first kappa shape index (κ1) is 14.0. The lowest BCUT2D eigenvalue weighted by Crippen LogP contribution is -2.36. The molecule has 0 unspecified atom stereocenters. The van der Waals surface area contributed by atoms with E-state index in [0.29, 0.717) is 0 Å². The molecule has 3 heteroatoms. The zero-order chi connectivity index (χ0) is 14.7. The van der Waals surface area contributed by atoms with Crippen LogP contribution >= 0.6 is 0 Å². The zero-order valence-corrected chi connectivity index (χ0v) is 13.2. The molecule has 0 aliphatic carbocycles. The molecule has 0 N–H and O–H groups in total. The van der Waals surface area contributed by atoms with E-state index in [0.717, 1.165) is 5.19 Å². The molecule has 105 valence electrons. The van der Waals surface area contributed by atoms with Crippen molar-refractivity contribution in [3.63, 3.8) is 0 Å². The molecule has 0 saturated heterocycles. The number of fused-ring (bicyclic) bond motifs is 1. The Bertz CT molecular complexity index is 746. The lowest BCUT2D eigenvalue weighted by molar-refractivity contribution is 0.292. The standard InChI is InChI=1S/C18H17O2Si/c1-19-21(20-2)18-13-6-5-11-17(18)16-12-7-9-14-8-3-4-10-15(14)16/h3-13H,1-2H3. The number of hydrogen-bond acceptors (Lipinski definition) is 2. The van der Waals surface area contributed by atoms with Crippen molar-refractivity contribution < 1.29 is 8.85 Å². The summed E-state index contributed by atoms with van der Waals surface area (Å²) in [6.07, 6.45) is 0. The van der Waals surface area contributed by atoms with Gasteiger partial charge in [-0.1, -0.05) is 66.7 Å². The van der Waals surface area contributed by atoms with Crippen molar-refractivity contribution >= 4 is 25.2 Å². The van der Waals surface area contributed by atoms with E-state index in [9.17, 15) is 0 Å². The van der Waals surface area contributed by atoms with Gasteiger partial charge < -0.3 is 8.85 Å². The molecule has 0 aliphatic rings. The van der Waals surface area contributed by atoms with Gasteiger partial charge in [0, 0.05) is 19.4 Å². The van der Waals surface area contributed by atoms with Gasteiger partial charge in [-0.05, 0) is 21.9 Å². The fraction of sp³-hybridized carbons (Fsp3) is 0.111. The predicted molar refractivity (Wildman–Crippen MR) is 88.8 cm³/mol. The van der Waals surface area contributed by atoms with E-state index in [2.05, 4.69) is 60.7 Å². The topological polar surface area (TPSA) is 18.5 Å². The largest absolute Gasteiger partial charge is 0.423 e. The Hall–Kier alpha value is -1.94. The lowest BCUT2D eigenvalue weighted by Gasteiger charge is -2.15. The maximum absolute atomic E-state index is 5.54. The van der Waals surface area contributed by atoms with Crippen LogP contribution < -0.4 is 5.19 Å². The second-order valence-electron chi connectivity index (χ2n) is 4.77. The Kier molecular flexibility index (Phi) is 4.15. The maximum atomic E-state index is 5.54. The minimum absolute atomic E-state index is 1.14. The van der Waals surface area contributed by atoms with E-state index in [1.54, 1.807) is 14.2 Å². The second-order valence-corrected chi connectivity index (χ2v) is 6.70. The van der Waals surface area contributed by atoms with Crippen LogP contribution in [0.2, 0.25) is 0 Å². The minimum atomic E-state index is -1.45. The van der Waals surface area contributed by atoms with Crippen molar-refractivity contribution in [1.82, 2.24) is 0 Å². The number of hydrogen-bond donors (Lipinski definition) is 0. The van der Waals surface area contributed by atoms with Gasteiger partial charge in [0.25, 0.3) is 0 Å². The summed E-state index contributed by atoms with van der Waals surface area (Å²) in [4.78, 5) is 0. The Labute approximate surface area is 126 Å². The van der Waals surface area contributed by atoms with E-state index in [1.165, 1.54) is 21.9 Å². The lowest BCUT2D eigenvalue weighted by atomic mass is 9.98. The second kappa shape index (κ2) is 6.22. The van der Waals surface area contributed by atoms with Crippen LogP contribution in [0.25, 0.3) is 21.9 Å². The SMILES string of the molecule is CO[Si](OC)c1ccccc1-c1cccc2ccccc12. The monoisotopic (exact) mass is 293 g/mol. The third-order valence-corrected chi connectivity index (χ3v) is 5.21. The van der Waals surface area contributed by atoms with Crippen LogP contribution in [-0.2, 0) is 8.85 Å². The predicted octanol–water partition coefficient (Wildman–Crippen LogP) is 3.49. The molecule has 3 aromatic carbocycles. The summed E-state index contributed by atoms with van der Waals surface area (Å²) >= 11 is 0. The van der Waals surface area contributed by atoms with Gasteiger partial charge in [-0.25, -0.2) is 0 Å². The Morgan fingerprint density at radius 1 is 0.667 bits per heavy atom. The molecular formula is C18H17O2Si. The summed E-state index contributed by atoms with van der Waals surface area (Å²) in [7, 11) is 1.97. The molecule has 0 spiro atoms. The van der Waals surface area contributed by atoms with Crippen LogP contribution in [0.1, 0.15) is 0 Å². The first-order valence-corrected chi connectivity index (χ1v) is 8.19.